The summed E-state index contributed by atoms with van der Waals surface area (Å²) in [6.07, 6.45) is 0. The number of carbonyl (C=O) groups is 2. The summed E-state index contributed by atoms with van der Waals surface area (Å²) in [6.45, 7) is 0. The van der Waals surface area contributed by atoms with E-state index in [0.717, 1.165) is 0 Å². The van der Waals surface area contributed by atoms with Gasteiger partial charge in [-0.1, -0.05) is 0 Å². The minimum absolute atomic E-state index is 0. The third-order valence-corrected chi connectivity index (χ3v) is 3.59. The average Bonchev–Trinajstić information content (AvgIpc) is 2.55. The predicted octanol–water partition coefficient (Wildman–Crippen LogP) is 4.77. The van der Waals surface area contributed by atoms with Gasteiger partial charge in [0.05, 0.1) is 22.5 Å². The van der Waals surface area contributed by atoms with Crippen LogP contribution in [0.25, 0.3) is 0 Å². The summed E-state index contributed by atoms with van der Waals surface area (Å²) in [6, 6.07) is 9.18. The van der Waals surface area contributed by atoms with Crippen molar-refractivity contribution in [3.05, 3.63) is 47.5 Å². The van der Waals surface area contributed by atoms with E-state index in [2.05, 4.69) is 45.7 Å². The predicted molar refractivity (Wildman–Crippen MR) is 102 cm³/mol. The van der Waals surface area contributed by atoms with Gasteiger partial charge in [-0.25, -0.2) is 9.59 Å². The Morgan fingerprint density at radius 1 is 0.778 bits per heavy atom. The molecule has 11 heteroatoms. The number of aromatic carboxylic acids is 2. The molecule has 0 atom stereocenters. The van der Waals surface area contributed by atoms with Crippen LogP contribution in [0.5, 0.6) is 0 Å². The minimum Gasteiger partial charge on any atom is -0.478 e. The summed E-state index contributed by atoms with van der Waals surface area (Å²) in [7, 11) is 3.09. The number of nitrogens with zero attached hydrogens (tertiary/aromatic N) is 4. The molecule has 0 bridgehead atoms. The van der Waals surface area contributed by atoms with Gasteiger partial charge < -0.3 is 10.2 Å². The van der Waals surface area contributed by atoms with Crippen LogP contribution in [-0.2, 0) is 20.4 Å². The van der Waals surface area contributed by atoms with E-state index in [1.807, 2.05) is 0 Å². The van der Waals surface area contributed by atoms with Gasteiger partial charge in [-0.3, -0.25) is 0 Å². The number of azo groups is 2. The van der Waals surface area contributed by atoms with Gasteiger partial charge >= 0.3 is 11.9 Å². The van der Waals surface area contributed by atoms with Gasteiger partial charge in [-0.2, -0.15) is 20.5 Å². The van der Waals surface area contributed by atoms with Crippen molar-refractivity contribution in [3.8, 4) is 0 Å². The number of hydrogen-bond donors (Lipinski definition) is 4. The first-order chi connectivity index (χ1) is 12.3. The molecule has 2 rings (SSSR count). The summed E-state index contributed by atoms with van der Waals surface area (Å²) < 4.78 is 0. The van der Waals surface area contributed by atoms with Gasteiger partial charge in [0.1, 0.15) is 0 Å². The van der Waals surface area contributed by atoms with Crippen molar-refractivity contribution in [1.82, 2.24) is 0 Å². The SMILES string of the molecule is CN=Nc1ccc(C(=O)O)c(S)c1.CN=Nc1ccc(C(=O)O)c(S)c1.[Pd]. The molecule has 2 aromatic rings. The van der Waals surface area contributed by atoms with Crippen LogP contribution in [0.3, 0.4) is 0 Å². The molecule has 27 heavy (non-hydrogen) atoms. The molecule has 0 heterocycles. The quantitative estimate of drug-likeness (QED) is 0.275. The summed E-state index contributed by atoms with van der Waals surface area (Å²) in [5.74, 6) is -1.99. The molecule has 0 saturated heterocycles. The summed E-state index contributed by atoms with van der Waals surface area (Å²) in [4.78, 5) is 21.9. The zero-order valence-electron chi connectivity index (χ0n) is 14.2. The molecule has 0 spiro atoms. The Morgan fingerprint density at radius 2 is 1.11 bits per heavy atom. The number of benzene rings is 2. The first kappa shape index (κ1) is 24.9. The molecule has 0 unspecified atom stereocenters. The third-order valence-electron chi connectivity index (χ3n) is 2.85. The Balaban J connectivity index is 0.000000483. The van der Waals surface area contributed by atoms with Crippen molar-refractivity contribution in [2.75, 3.05) is 14.1 Å². The van der Waals surface area contributed by atoms with E-state index in [9.17, 15) is 9.59 Å². The zero-order chi connectivity index (χ0) is 19.7. The van der Waals surface area contributed by atoms with Crippen LogP contribution in [0, 0.1) is 0 Å². The van der Waals surface area contributed by atoms with Crippen LogP contribution < -0.4 is 0 Å². The van der Waals surface area contributed by atoms with Crippen molar-refractivity contribution >= 4 is 48.6 Å². The fraction of sp³-hybridized carbons (Fsp3) is 0.125. The molecule has 2 N–H and O–H groups in total. The second-order valence-corrected chi connectivity index (χ2v) is 5.58. The maximum absolute atomic E-state index is 10.6. The second kappa shape index (κ2) is 12.4. The van der Waals surface area contributed by atoms with Crippen molar-refractivity contribution in [1.29, 1.82) is 0 Å². The van der Waals surface area contributed by atoms with E-state index in [4.69, 9.17) is 10.2 Å². The molecule has 0 saturated carbocycles. The second-order valence-electron chi connectivity index (χ2n) is 4.61. The fourth-order valence-electron chi connectivity index (χ4n) is 1.76. The van der Waals surface area contributed by atoms with Gasteiger partial charge in [0.15, 0.2) is 0 Å². The number of carboxylic acid groups (broad SMARTS) is 2. The van der Waals surface area contributed by atoms with E-state index in [-0.39, 0.29) is 31.5 Å². The standard InChI is InChI=1S/2C8H8N2O2S.Pd/c2*1-9-10-5-2-3-6(8(11)12)7(13)4-5;/h2*2-4,13H,1H3,(H,11,12);. The van der Waals surface area contributed by atoms with Crippen LogP contribution in [0.1, 0.15) is 20.7 Å². The van der Waals surface area contributed by atoms with Crippen molar-refractivity contribution in [2.45, 2.75) is 9.79 Å². The molecule has 8 nitrogen and oxygen atoms in total. The Kier molecular flexibility index (Phi) is 11.4. The van der Waals surface area contributed by atoms with Crippen LogP contribution >= 0.6 is 25.3 Å². The van der Waals surface area contributed by atoms with E-state index in [1.54, 1.807) is 38.4 Å². The molecule has 0 aromatic heterocycles. The van der Waals surface area contributed by atoms with Crippen molar-refractivity contribution < 1.29 is 40.2 Å². The van der Waals surface area contributed by atoms with E-state index in [0.29, 0.717) is 21.2 Å². The molecule has 0 radical (unpaired) electrons. The number of rotatable bonds is 4. The largest absolute Gasteiger partial charge is 0.478 e. The Morgan fingerprint density at radius 3 is 1.33 bits per heavy atom. The van der Waals surface area contributed by atoms with Crippen LogP contribution in [0.2, 0.25) is 0 Å². The van der Waals surface area contributed by atoms with Gasteiger partial charge in [-0.05, 0) is 36.4 Å². The van der Waals surface area contributed by atoms with Crippen molar-refractivity contribution in [2.24, 2.45) is 20.5 Å². The van der Waals surface area contributed by atoms with Gasteiger partial charge in [0, 0.05) is 44.3 Å². The molecule has 0 aliphatic carbocycles. The Labute approximate surface area is 180 Å². The Bertz CT molecular complexity index is 804. The summed E-state index contributed by atoms with van der Waals surface area (Å²) in [5.41, 5.74) is 1.52. The molecule has 0 aliphatic rings. The summed E-state index contributed by atoms with van der Waals surface area (Å²) in [5, 5.41) is 32.0. The maximum atomic E-state index is 10.6. The number of hydrogen-bond acceptors (Lipinski definition) is 8. The Hall–Kier alpha value is -2.06. The van der Waals surface area contributed by atoms with Crippen LogP contribution in [0.15, 0.2) is 66.6 Å². The first-order valence-electron chi connectivity index (χ1n) is 7.02. The first-order valence-corrected chi connectivity index (χ1v) is 7.91. The molecule has 0 aliphatic heterocycles. The van der Waals surface area contributed by atoms with Crippen LogP contribution in [-0.4, -0.2) is 36.2 Å². The summed E-state index contributed by atoms with van der Waals surface area (Å²) >= 11 is 8.03. The third kappa shape index (κ3) is 8.01. The molecular weight excluding hydrogens is 483 g/mol. The zero-order valence-corrected chi connectivity index (χ0v) is 17.5. The molecule has 0 fully saturated rings. The smallest absolute Gasteiger partial charge is 0.336 e. The molecule has 146 valence electrons. The van der Waals surface area contributed by atoms with Gasteiger partial charge in [-0.15, -0.1) is 25.3 Å². The van der Waals surface area contributed by atoms with E-state index in [1.165, 1.54) is 12.1 Å². The number of carboxylic acids is 2. The topological polar surface area (TPSA) is 124 Å². The monoisotopic (exact) mass is 498 g/mol. The van der Waals surface area contributed by atoms with Crippen molar-refractivity contribution in [3.63, 3.8) is 0 Å². The van der Waals surface area contributed by atoms with Crippen LogP contribution in [0.4, 0.5) is 11.4 Å². The minimum atomic E-state index is -0.995. The van der Waals surface area contributed by atoms with Gasteiger partial charge in [0.25, 0.3) is 0 Å². The maximum Gasteiger partial charge on any atom is 0.336 e. The van der Waals surface area contributed by atoms with E-state index >= 15 is 0 Å². The molecular formula is C16H16N4O4PdS2. The molecule has 2 aromatic carbocycles. The average molecular weight is 499 g/mol. The van der Waals surface area contributed by atoms with Gasteiger partial charge in [0.2, 0.25) is 0 Å². The molecule has 0 amide bonds. The fourth-order valence-corrected chi connectivity index (χ4v) is 2.36. The van der Waals surface area contributed by atoms with E-state index < -0.39 is 11.9 Å². The normalized spacial score (nSPS) is 10.2. The number of thiol groups is 2.